The lowest BCUT2D eigenvalue weighted by Crippen LogP contribution is -2.30. The van der Waals surface area contributed by atoms with Crippen LogP contribution in [0.25, 0.3) is 0 Å². The molecule has 1 aromatic heterocycles. The number of likely N-dealkylation sites (N-methyl/N-ethyl adjacent to an activating group) is 1. The zero-order valence-corrected chi connectivity index (χ0v) is 12.5. The lowest BCUT2D eigenvalue weighted by molar-refractivity contribution is 0.150. The van der Waals surface area contributed by atoms with E-state index in [1.54, 1.807) is 7.11 Å². The van der Waals surface area contributed by atoms with Crippen molar-refractivity contribution in [2.24, 2.45) is 5.92 Å². The molecule has 0 fully saturated rings. The average Bonchev–Trinajstić information content (AvgIpc) is 2.63. The van der Waals surface area contributed by atoms with Gasteiger partial charge in [-0.05, 0) is 53.9 Å². The molecule has 0 amide bonds. The van der Waals surface area contributed by atoms with Gasteiger partial charge in [0.05, 0.1) is 3.79 Å². The topological polar surface area (TPSA) is 21.3 Å². The molecular formula is C12H20BrNOS. The van der Waals surface area contributed by atoms with Crippen LogP contribution in [-0.4, -0.2) is 26.8 Å². The summed E-state index contributed by atoms with van der Waals surface area (Å²) < 4.78 is 6.38. The molecule has 92 valence electrons. The number of nitrogens with one attached hydrogen (secondary N) is 1. The van der Waals surface area contributed by atoms with Crippen LogP contribution in [0, 0.1) is 5.92 Å². The summed E-state index contributed by atoms with van der Waals surface area (Å²) >= 11 is 5.32. The third kappa shape index (κ3) is 4.95. The second kappa shape index (κ2) is 7.43. The first kappa shape index (κ1) is 14.2. The molecule has 4 heteroatoms. The fraction of sp³-hybridized carbons (Fsp3) is 0.667. The fourth-order valence-corrected chi connectivity index (χ4v) is 3.41. The van der Waals surface area contributed by atoms with Gasteiger partial charge in [-0.25, -0.2) is 0 Å². The molecule has 0 bridgehead atoms. The molecule has 2 nitrogen and oxygen atoms in total. The molecule has 16 heavy (non-hydrogen) atoms. The van der Waals surface area contributed by atoms with Crippen LogP contribution < -0.4 is 5.32 Å². The van der Waals surface area contributed by atoms with Crippen LogP contribution in [0.3, 0.4) is 0 Å². The van der Waals surface area contributed by atoms with Crippen molar-refractivity contribution in [3.8, 4) is 0 Å². The van der Waals surface area contributed by atoms with E-state index in [1.165, 1.54) is 8.66 Å². The van der Waals surface area contributed by atoms with Gasteiger partial charge in [0.15, 0.2) is 0 Å². The quantitative estimate of drug-likeness (QED) is 0.834. The number of thiophene rings is 1. The summed E-state index contributed by atoms with van der Waals surface area (Å²) in [6, 6.07) is 4.85. The maximum atomic E-state index is 5.17. The van der Waals surface area contributed by atoms with Crippen LogP contribution in [-0.2, 0) is 11.2 Å². The van der Waals surface area contributed by atoms with E-state index in [4.69, 9.17) is 4.74 Å². The molecule has 1 rings (SSSR count). The van der Waals surface area contributed by atoms with Crippen LogP contribution >= 0.6 is 27.3 Å². The van der Waals surface area contributed by atoms with Crippen molar-refractivity contribution in [1.82, 2.24) is 5.32 Å². The van der Waals surface area contributed by atoms with Gasteiger partial charge in [-0.1, -0.05) is 6.92 Å². The van der Waals surface area contributed by atoms with E-state index in [0.29, 0.717) is 12.0 Å². The Morgan fingerprint density at radius 2 is 2.25 bits per heavy atom. The molecule has 1 aromatic rings. The summed E-state index contributed by atoms with van der Waals surface area (Å²) in [5.74, 6) is 0.603. The minimum Gasteiger partial charge on any atom is -0.384 e. The number of rotatable bonds is 7. The fourth-order valence-electron chi connectivity index (χ4n) is 1.85. The highest BCUT2D eigenvalue weighted by atomic mass is 79.9. The largest absolute Gasteiger partial charge is 0.384 e. The van der Waals surface area contributed by atoms with Crippen molar-refractivity contribution in [1.29, 1.82) is 0 Å². The van der Waals surface area contributed by atoms with E-state index < -0.39 is 0 Å². The van der Waals surface area contributed by atoms with E-state index in [2.05, 4.69) is 40.3 Å². The van der Waals surface area contributed by atoms with Gasteiger partial charge in [0.1, 0.15) is 0 Å². The highest BCUT2D eigenvalue weighted by Crippen LogP contribution is 2.24. The van der Waals surface area contributed by atoms with Gasteiger partial charge in [-0.2, -0.15) is 0 Å². The second-order valence-corrected chi connectivity index (χ2v) is 6.74. The van der Waals surface area contributed by atoms with E-state index in [9.17, 15) is 0 Å². The molecular weight excluding hydrogens is 286 g/mol. The predicted molar refractivity (Wildman–Crippen MR) is 74.2 cm³/mol. The third-order valence-electron chi connectivity index (χ3n) is 2.62. The summed E-state index contributed by atoms with van der Waals surface area (Å²) in [6.45, 7) is 3.07. The van der Waals surface area contributed by atoms with Crippen molar-refractivity contribution in [2.45, 2.75) is 25.8 Å². The standard InChI is InChI=1S/C12H20BrNOS/c1-9(8-15-3)6-10(14-2)7-11-4-5-12(13)16-11/h4-5,9-10,14H,6-8H2,1-3H3. The monoisotopic (exact) mass is 305 g/mol. The van der Waals surface area contributed by atoms with E-state index in [1.807, 2.05) is 18.4 Å². The molecule has 1 N–H and O–H groups in total. The Morgan fingerprint density at radius 3 is 2.75 bits per heavy atom. The Bertz CT molecular complexity index is 303. The first-order valence-electron chi connectivity index (χ1n) is 5.56. The molecule has 2 atom stereocenters. The van der Waals surface area contributed by atoms with Gasteiger partial charge in [-0.3, -0.25) is 0 Å². The first-order valence-corrected chi connectivity index (χ1v) is 7.17. The number of methoxy groups -OCH3 is 1. The molecule has 0 aromatic carbocycles. The molecule has 0 aliphatic heterocycles. The van der Waals surface area contributed by atoms with Crippen molar-refractivity contribution in [2.75, 3.05) is 20.8 Å². The van der Waals surface area contributed by atoms with Gasteiger partial charge in [0.25, 0.3) is 0 Å². The normalized spacial score (nSPS) is 15.0. The van der Waals surface area contributed by atoms with Crippen molar-refractivity contribution < 1.29 is 4.74 Å². The number of hydrogen-bond acceptors (Lipinski definition) is 3. The van der Waals surface area contributed by atoms with Crippen molar-refractivity contribution in [3.05, 3.63) is 20.8 Å². The number of ether oxygens (including phenoxy) is 1. The Balaban J connectivity index is 2.42. The van der Waals surface area contributed by atoms with E-state index in [-0.39, 0.29) is 0 Å². The first-order chi connectivity index (χ1) is 7.65. The van der Waals surface area contributed by atoms with E-state index in [0.717, 1.165) is 19.4 Å². The molecule has 0 saturated carbocycles. The van der Waals surface area contributed by atoms with Gasteiger partial charge in [0.2, 0.25) is 0 Å². The summed E-state index contributed by atoms with van der Waals surface area (Å²) in [4.78, 5) is 1.43. The Labute approximate surface area is 111 Å². The Morgan fingerprint density at radius 1 is 1.50 bits per heavy atom. The summed E-state index contributed by atoms with van der Waals surface area (Å²) in [7, 11) is 3.80. The minimum absolute atomic E-state index is 0.538. The van der Waals surface area contributed by atoms with Gasteiger partial charge in [-0.15, -0.1) is 11.3 Å². The lowest BCUT2D eigenvalue weighted by atomic mass is 10.00. The predicted octanol–water partition coefficient (Wildman–Crippen LogP) is 3.31. The Kier molecular flexibility index (Phi) is 6.58. The second-order valence-electron chi connectivity index (χ2n) is 4.19. The van der Waals surface area contributed by atoms with E-state index >= 15 is 0 Å². The smallest absolute Gasteiger partial charge is 0.0701 e. The van der Waals surface area contributed by atoms with Gasteiger partial charge < -0.3 is 10.1 Å². The zero-order chi connectivity index (χ0) is 12.0. The molecule has 2 unspecified atom stereocenters. The van der Waals surface area contributed by atoms with Crippen molar-refractivity contribution in [3.63, 3.8) is 0 Å². The minimum atomic E-state index is 0.538. The maximum absolute atomic E-state index is 5.17. The SMILES string of the molecule is CNC(Cc1ccc(Br)s1)CC(C)COC. The highest BCUT2D eigenvalue weighted by molar-refractivity contribution is 9.11. The summed E-state index contributed by atoms with van der Waals surface area (Å²) in [5, 5.41) is 3.38. The van der Waals surface area contributed by atoms with Crippen LogP contribution in [0.15, 0.2) is 15.9 Å². The van der Waals surface area contributed by atoms with Crippen LogP contribution in [0.5, 0.6) is 0 Å². The molecule has 0 spiro atoms. The van der Waals surface area contributed by atoms with Crippen LogP contribution in [0.4, 0.5) is 0 Å². The molecule has 0 aliphatic rings. The summed E-state index contributed by atoms with van der Waals surface area (Å²) in [6.07, 6.45) is 2.25. The van der Waals surface area contributed by atoms with Gasteiger partial charge in [0, 0.05) is 24.6 Å². The summed E-state index contributed by atoms with van der Waals surface area (Å²) in [5.41, 5.74) is 0. The lowest BCUT2D eigenvalue weighted by Gasteiger charge is -2.19. The third-order valence-corrected chi connectivity index (χ3v) is 4.27. The van der Waals surface area contributed by atoms with Crippen LogP contribution in [0.1, 0.15) is 18.2 Å². The number of halogens is 1. The zero-order valence-electron chi connectivity index (χ0n) is 10.1. The van der Waals surface area contributed by atoms with Gasteiger partial charge >= 0.3 is 0 Å². The Hall–Kier alpha value is 0.1000. The van der Waals surface area contributed by atoms with Crippen molar-refractivity contribution >= 4 is 27.3 Å². The maximum Gasteiger partial charge on any atom is 0.0701 e. The molecule has 0 saturated heterocycles. The average molecular weight is 306 g/mol. The molecule has 1 heterocycles. The highest BCUT2D eigenvalue weighted by Gasteiger charge is 2.13. The van der Waals surface area contributed by atoms with Crippen LogP contribution in [0.2, 0.25) is 0 Å². The molecule has 0 radical (unpaired) electrons. The number of hydrogen-bond donors (Lipinski definition) is 1. The molecule has 0 aliphatic carbocycles.